The highest BCUT2D eigenvalue weighted by molar-refractivity contribution is 5.80. The summed E-state index contributed by atoms with van der Waals surface area (Å²) in [6, 6.07) is 0. The Balaban J connectivity index is 0. The van der Waals surface area contributed by atoms with Crippen molar-refractivity contribution in [1.82, 2.24) is 0 Å². The minimum Gasteiger partial charge on any atom is -0.478 e. The van der Waals surface area contributed by atoms with E-state index in [2.05, 4.69) is 13.8 Å². The standard InChI is InChI=1S/C23H44O2.C6H14O3/c1-3-5-7-9-11-13-15-17-19-22(21-23(24)25)20-18-16-14-12-10-8-6-4-2;1-5(8)4-9-6(2)3-7/h21H,3-20H2,1-2H3,(H,24,25);5-8H,3-4H2,1-2H3. The predicted octanol–water partition coefficient (Wildman–Crippen LogP) is 7.82. The van der Waals surface area contributed by atoms with Gasteiger partial charge in [0, 0.05) is 6.08 Å². The lowest BCUT2D eigenvalue weighted by Crippen LogP contribution is -2.19. The van der Waals surface area contributed by atoms with E-state index in [1.54, 1.807) is 13.8 Å². The quantitative estimate of drug-likeness (QED) is 0.101. The van der Waals surface area contributed by atoms with Gasteiger partial charge in [0.15, 0.2) is 0 Å². The fraction of sp³-hybridized carbons (Fsp3) is 0.897. The molecular formula is C29H58O5. The topological polar surface area (TPSA) is 87.0 Å². The van der Waals surface area contributed by atoms with Crippen molar-refractivity contribution < 1.29 is 24.9 Å². The van der Waals surface area contributed by atoms with Crippen LogP contribution in [0.3, 0.4) is 0 Å². The number of carboxylic acid groups (broad SMARTS) is 1. The van der Waals surface area contributed by atoms with E-state index >= 15 is 0 Å². The number of carbonyl (C=O) groups is 1. The molecule has 0 fully saturated rings. The molecule has 0 amide bonds. The van der Waals surface area contributed by atoms with Crippen molar-refractivity contribution in [3.63, 3.8) is 0 Å². The van der Waals surface area contributed by atoms with Crippen LogP contribution in [0.25, 0.3) is 0 Å². The molecule has 0 aromatic carbocycles. The van der Waals surface area contributed by atoms with Gasteiger partial charge in [0.1, 0.15) is 0 Å². The number of aliphatic hydroxyl groups excluding tert-OH is 2. The molecule has 2 atom stereocenters. The van der Waals surface area contributed by atoms with Gasteiger partial charge in [0.25, 0.3) is 0 Å². The second-order valence-electron chi connectivity index (χ2n) is 9.77. The van der Waals surface area contributed by atoms with E-state index in [0.29, 0.717) is 6.61 Å². The third kappa shape index (κ3) is 31.1. The fourth-order valence-electron chi connectivity index (χ4n) is 3.77. The second kappa shape index (κ2) is 28.3. The molecule has 0 radical (unpaired) electrons. The molecule has 0 heterocycles. The molecule has 0 bridgehead atoms. The minimum absolute atomic E-state index is 0.00667. The molecule has 0 aliphatic rings. The largest absolute Gasteiger partial charge is 0.478 e. The molecule has 0 rings (SSSR count). The van der Waals surface area contributed by atoms with Gasteiger partial charge in [0.05, 0.1) is 25.4 Å². The Hall–Kier alpha value is -0.910. The molecule has 3 N–H and O–H groups in total. The summed E-state index contributed by atoms with van der Waals surface area (Å²) in [5, 5.41) is 26.2. The number of aliphatic carboxylic acids is 1. The zero-order valence-electron chi connectivity index (χ0n) is 23.0. The summed E-state index contributed by atoms with van der Waals surface area (Å²) in [5.74, 6) is -0.769. The number of unbranched alkanes of at least 4 members (excludes halogenated alkanes) is 14. The molecule has 204 valence electrons. The lowest BCUT2D eigenvalue weighted by atomic mass is 9.99. The van der Waals surface area contributed by atoms with Crippen molar-refractivity contribution in [2.75, 3.05) is 13.2 Å². The first kappa shape index (κ1) is 35.3. The number of hydrogen-bond acceptors (Lipinski definition) is 4. The molecule has 0 saturated heterocycles. The van der Waals surface area contributed by atoms with Crippen LogP contribution in [-0.2, 0) is 9.53 Å². The Morgan fingerprint density at radius 1 is 0.735 bits per heavy atom. The van der Waals surface area contributed by atoms with Gasteiger partial charge >= 0.3 is 5.97 Å². The Morgan fingerprint density at radius 3 is 1.44 bits per heavy atom. The van der Waals surface area contributed by atoms with Gasteiger partial charge in [-0.2, -0.15) is 0 Å². The highest BCUT2D eigenvalue weighted by Gasteiger charge is 2.03. The zero-order chi connectivity index (χ0) is 25.9. The van der Waals surface area contributed by atoms with Crippen molar-refractivity contribution in [1.29, 1.82) is 0 Å². The average molecular weight is 487 g/mol. The molecular weight excluding hydrogens is 428 g/mol. The number of hydrogen-bond donors (Lipinski definition) is 3. The number of aliphatic hydroxyl groups is 2. The third-order valence-electron chi connectivity index (χ3n) is 5.91. The SMILES string of the molecule is CC(O)COC(C)CO.CCCCCCCCCCC(=CC(=O)O)CCCCCCCCCC. The first-order chi connectivity index (χ1) is 16.4. The number of ether oxygens (including phenoxy) is 1. The van der Waals surface area contributed by atoms with Crippen molar-refractivity contribution in [2.45, 2.75) is 155 Å². The van der Waals surface area contributed by atoms with E-state index in [1.807, 2.05) is 0 Å². The smallest absolute Gasteiger partial charge is 0.328 e. The first-order valence-corrected chi connectivity index (χ1v) is 14.2. The van der Waals surface area contributed by atoms with Crippen LogP contribution in [0.1, 0.15) is 143 Å². The predicted molar refractivity (Wildman–Crippen MR) is 144 cm³/mol. The van der Waals surface area contributed by atoms with E-state index in [9.17, 15) is 4.79 Å². The molecule has 0 aromatic heterocycles. The van der Waals surface area contributed by atoms with Gasteiger partial charge in [-0.25, -0.2) is 4.79 Å². The monoisotopic (exact) mass is 486 g/mol. The van der Waals surface area contributed by atoms with Crippen molar-refractivity contribution in [2.24, 2.45) is 0 Å². The van der Waals surface area contributed by atoms with Crippen LogP contribution in [0.5, 0.6) is 0 Å². The number of carboxylic acids is 1. The van der Waals surface area contributed by atoms with E-state index in [1.165, 1.54) is 96.0 Å². The molecule has 0 aliphatic carbocycles. The van der Waals surface area contributed by atoms with Gasteiger partial charge in [-0.05, 0) is 39.5 Å². The lowest BCUT2D eigenvalue weighted by molar-refractivity contribution is -0.131. The number of allylic oxidation sites excluding steroid dienone is 1. The Bertz CT molecular complexity index is 426. The fourth-order valence-corrected chi connectivity index (χ4v) is 3.77. The second-order valence-corrected chi connectivity index (χ2v) is 9.77. The highest BCUT2D eigenvalue weighted by atomic mass is 16.5. The zero-order valence-corrected chi connectivity index (χ0v) is 23.0. The van der Waals surface area contributed by atoms with Gasteiger partial charge < -0.3 is 20.1 Å². The van der Waals surface area contributed by atoms with Crippen LogP contribution >= 0.6 is 0 Å². The Morgan fingerprint density at radius 2 is 1.12 bits per heavy atom. The summed E-state index contributed by atoms with van der Waals surface area (Å²) in [7, 11) is 0. The van der Waals surface area contributed by atoms with Gasteiger partial charge in [-0.3, -0.25) is 0 Å². The molecule has 0 aromatic rings. The molecule has 0 aliphatic heterocycles. The Kier molecular flexibility index (Phi) is 29.4. The van der Waals surface area contributed by atoms with E-state index in [0.717, 1.165) is 31.3 Å². The molecule has 34 heavy (non-hydrogen) atoms. The third-order valence-corrected chi connectivity index (χ3v) is 5.91. The molecule has 0 saturated carbocycles. The van der Waals surface area contributed by atoms with E-state index in [-0.39, 0.29) is 12.7 Å². The maximum atomic E-state index is 11.0. The van der Waals surface area contributed by atoms with Crippen molar-refractivity contribution >= 4 is 5.97 Å². The molecule has 5 heteroatoms. The van der Waals surface area contributed by atoms with Crippen LogP contribution in [0.15, 0.2) is 11.6 Å². The molecule has 0 spiro atoms. The summed E-state index contributed by atoms with van der Waals surface area (Å²) in [5.41, 5.74) is 1.16. The van der Waals surface area contributed by atoms with Gasteiger partial charge in [0.2, 0.25) is 0 Å². The van der Waals surface area contributed by atoms with E-state index < -0.39 is 12.1 Å². The Labute approximate surface area is 211 Å². The summed E-state index contributed by atoms with van der Waals surface area (Å²) in [6.45, 7) is 8.20. The maximum Gasteiger partial charge on any atom is 0.328 e. The minimum atomic E-state index is -0.769. The van der Waals surface area contributed by atoms with Gasteiger partial charge in [-0.1, -0.05) is 109 Å². The summed E-state index contributed by atoms with van der Waals surface area (Å²) < 4.78 is 4.95. The van der Waals surface area contributed by atoms with Crippen LogP contribution < -0.4 is 0 Å². The van der Waals surface area contributed by atoms with Crippen molar-refractivity contribution in [3.05, 3.63) is 11.6 Å². The van der Waals surface area contributed by atoms with Crippen LogP contribution in [0.2, 0.25) is 0 Å². The summed E-state index contributed by atoms with van der Waals surface area (Å²) >= 11 is 0. The van der Waals surface area contributed by atoms with Gasteiger partial charge in [-0.15, -0.1) is 0 Å². The summed E-state index contributed by atoms with van der Waals surface area (Å²) in [6.07, 6.45) is 23.8. The molecule has 5 nitrogen and oxygen atoms in total. The molecule has 2 unspecified atom stereocenters. The van der Waals surface area contributed by atoms with Crippen LogP contribution in [0.4, 0.5) is 0 Å². The average Bonchev–Trinajstić information content (AvgIpc) is 2.80. The highest BCUT2D eigenvalue weighted by Crippen LogP contribution is 2.19. The van der Waals surface area contributed by atoms with E-state index in [4.69, 9.17) is 20.1 Å². The van der Waals surface area contributed by atoms with Crippen molar-refractivity contribution in [3.8, 4) is 0 Å². The number of rotatable bonds is 23. The maximum absolute atomic E-state index is 11.0. The summed E-state index contributed by atoms with van der Waals surface area (Å²) in [4.78, 5) is 11.0. The van der Waals surface area contributed by atoms with Crippen LogP contribution in [-0.4, -0.2) is 46.7 Å². The lowest BCUT2D eigenvalue weighted by Gasteiger charge is -2.10. The van der Waals surface area contributed by atoms with Crippen LogP contribution in [0, 0.1) is 0 Å². The normalized spacial score (nSPS) is 12.5. The first-order valence-electron chi connectivity index (χ1n) is 14.2.